The number of nitrogens with one attached hydrogen (secondary N) is 1. The van der Waals surface area contributed by atoms with Crippen molar-refractivity contribution in [3.63, 3.8) is 0 Å². The molecule has 1 atom stereocenters. The minimum Gasteiger partial charge on any atom is -0.237 e. The van der Waals surface area contributed by atoms with Gasteiger partial charge in [-0.3, -0.25) is 0 Å². The van der Waals surface area contributed by atoms with Gasteiger partial charge in [0.15, 0.2) is 0 Å². The summed E-state index contributed by atoms with van der Waals surface area (Å²) in [5.41, 5.74) is 5.55. The molecule has 1 aromatic carbocycles. The first-order valence-corrected chi connectivity index (χ1v) is 9.58. The van der Waals surface area contributed by atoms with Crippen LogP contribution in [0.5, 0.6) is 0 Å². The molecule has 1 aromatic heterocycles. The van der Waals surface area contributed by atoms with Crippen molar-refractivity contribution in [2.45, 2.75) is 39.2 Å². The SMILES string of the molecule is Cc1cccc(-n2ncc3c2CCC[C@@H]3NS(=O)(=O)N(C)C)c1C. The van der Waals surface area contributed by atoms with Gasteiger partial charge in [0.1, 0.15) is 0 Å². The summed E-state index contributed by atoms with van der Waals surface area (Å²) in [6.45, 7) is 4.18. The minimum atomic E-state index is -3.46. The van der Waals surface area contributed by atoms with Gasteiger partial charge in [0, 0.05) is 25.4 Å². The normalized spacial score (nSPS) is 18.0. The topological polar surface area (TPSA) is 67.2 Å². The van der Waals surface area contributed by atoms with E-state index in [1.54, 1.807) is 6.20 Å². The highest BCUT2D eigenvalue weighted by molar-refractivity contribution is 7.87. The number of aryl methyl sites for hydroxylation is 1. The molecule has 0 bridgehead atoms. The first-order chi connectivity index (χ1) is 11.3. The molecule has 1 aliphatic rings. The molecule has 0 radical (unpaired) electrons. The van der Waals surface area contributed by atoms with E-state index in [1.165, 1.54) is 29.5 Å². The molecule has 0 unspecified atom stereocenters. The second-order valence-electron chi connectivity index (χ2n) is 6.53. The molecular weight excluding hydrogens is 324 g/mol. The molecule has 7 heteroatoms. The third-order valence-electron chi connectivity index (χ3n) is 4.76. The minimum absolute atomic E-state index is 0.222. The lowest BCUT2D eigenvalue weighted by Crippen LogP contribution is -2.39. The van der Waals surface area contributed by atoms with E-state index in [0.29, 0.717) is 0 Å². The smallest absolute Gasteiger partial charge is 0.237 e. The largest absolute Gasteiger partial charge is 0.279 e. The molecule has 130 valence electrons. The van der Waals surface area contributed by atoms with Crippen molar-refractivity contribution in [3.8, 4) is 5.69 Å². The molecule has 0 saturated heterocycles. The molecular formula is C17H24N4O2S. The van der Waals surface area contributed by atoms with Crippen LogP contribution in [0.3, 0.4) is 0 Å². The third-order valence-corrected chi connectivity index (χ3v) is 6.30. The number of nitrogens with zero attached hydrogens (tertiary/aromatic N) is 3. The lowest BCUT2D eigenvalue weighted by molar-refractivity contribution is 0.463. The van der Waals surface area contributed by atoms with E-state index in [0.717, 1.165) is 36.2 Å². The fraction of sp³-hybridized carbons (Fsp3) is 0.471. The Labute approximate surface area is 143 Å². The monoisotopic (exact) mass is 348 g/mol. The van der Waals surface area contributed by atoms with Crippen LogP contribution in [-0.2, 0) is 16.6 Å². The van der Waals surface area contributed by atoms with E-state index in [1.807, 2.05) is 10.7 Å². The maximum absolute atomic E-state index is 12.2. The van der Waals surface area contributed by atoms with Crippen LogP contribution in [0.25, 0.3) is 5.69 Å². The van der Waals surface area contributed by atoms with Gasteiger partial charge < -0.3 is 0 Å². The highest BCUT2D eigenvalue weighted by Crippen LogP contribution is 2.32. The number of fused-ring (bicyclic) bond motifs is 1. The molecule has 1 heterocycles. The van der Waals surface area contributed by atoms with Gasteiger partial charge >= 0.3 is 0 Å². The van der Waals surface area contributed by atoms with Crippen molar-refractivity contribution in [2.24, 2.45) is 0 Å². The van der Waals surface area contributed by atoms with Crippen LogP contribution in [0.15, 0.2) is 24.4 Å². The first kappa shape index (κ1) is 17.1. The number of benzene rings is 1. The summed E-state index contributed by atoms with van der Waals surface area (Å²) in [5.74, 6) is 0. The number of hydrogen-bond donors (Lipinski definition) is 1. The Hall–Kier alpha value is -1.70. The highest BCUT2D eigenvalue weighted by Gasteiger charge is 2.29. The van der Waals surface area contributed by atoms with Crippen molar-refractivity contribution in [3.05, 3.63) is 46.8 Å². The van der Waals surface area contributed by atoms with Gasteiger partial charge in [-0.05, 0) is 50.3 Å². The summed E-state index contributed by atoms with van der Waals surface area (Å²) < 4.78 is 30.3. The summed E-state index contributed by atoms with van der Waals surface area (Å²) in [7, 11) is -0.398. The summed E-state index contributed by atoms with van der Waals surface area (Å²) in [6, 6.07) is 5.95. The molecule has 1 aliphatic carbocycles. The fourth-order valence-corrected chi connectivity index (χ4v) is 3.95. The Morgan fingerprint density at radius 2 is 2.04 bits per heavy atom. The van der Waals surface area contributed by atoms with Crippen molar-refractivity contribution in [2.75, 3.05) is 14.1 Å². The summed E-state index contributed by atoms with van der Waals surface area (Å²) in [4.78, 5) is 0. The van der Waals surface area contributed by atoms with E-state index in [2.05, 4.69) is 35.8 Å². The number of aromatic nitrogens is 2. The summed E-state index contributed by atoms with van der Waals surface area (Å²) >= 11 is 0. The molecule has 6 nitrogen and oxygen atoms in total. The second kappa shape index (κ2) is 6.31. The molecule has 0 saturated carbocycles. The van der Waals surface area contributed by atoms with E-state index in [4.69, 9.17) is 0 Å². The van der Waals surface area contributed by atoms with Gasteiger partial charge in [0.2, 0.25) is 0 Å². The Morgan fingerprint density at radius 3 is 2.75 bits per heavy atom. The zero-order valence-corrected chi connectivity index (χ0v) is 15.4. The Morgan fingerprint density at radius 1 is 1.29 bits per heavy atom. The van der Waals surface area contributed by atoms with E-state index >= 15 is 0 Å². The van der Waals surface area contributed by atoms with Crippen LogP contribution in [0.1, 0.15) is 41.3 Å². The first-order valence-electron chi connectivity index (χ1n) is 8.14. The second-order valence-corrected chi connectivity index (χ2v) is 8.44. The molecule has 0 spiro atoms. The standard InChI is InChI=1S/C17H24N4O2S/c1-12-7-5-9-16(13(12)2)21-17-10-6-8-15(14(17)11-18-21)19-24(22,23)20(3)4/h5,7,9,11,15,19H,6,8,10H2,1-4H3/t15-/m0/s1. The molecule has 3 rings (SSSR count). The summed E-state index contributed by atoms with van der Waals surface area (Å²) in [6.07, 6.45) is 4.44. The van der Waals surface area contributed by atoms with Crippen LogP contribution in [-0.4, -0.2) is 36.6 Å². The zero-order chi connectivity index (χ0) is 17.5. The Kier molecular flexibility index (Phi) is 4.50. The maximum Gasteiger partial charge on any atom is 0.279 e. The van der Waals surface area contributed by atoms with E-state index in [-0.39, 0.29) is 6.04 Å². The van der Waals surface area contributed by atoms with Crippen molar-refractivity contribution in [1.29, 1.82) is 0 Å². The van der Waals surface area contributed by atoms with Crippen molar-refractivity contribution < 1.29 is 8.42 Å². The Balaban J connectivity index is 2.00. The molecule has 0 fully saturated rings. The lowest BCUT2D eigenvalue weighted by atomic mass is 9.93. The quantitative estimate of drug-likeness (QED) is 0.922. The van der Waals surface area contributed by atoms with Crippen LogP contribution in [0.2, 0.25) is 0 Å². The molecule has 0 amide bonds. The van der Waals surface area contributed by atoms with Crippen LogP contribution < -0.4 is 4.72 Å². The van der Waals surface area contributed by atoms with Crippen LogP contribution in [0, 0.1) is 13.8 Å². The lowest BCUT2D eigenvalue weighted by Gasteiger charge is -2.25. The molecule has 0 aliphatic heterocycles. The summed E-state index contributed by atoms with van der Waals surface area (Å²) in [5, 5.41) is 4.56. The van der Waals surface area contributed by atoms with Gasteiger partial charge in [0.25, 0.3) is 10.2 Å². The Bertz CT molecular complexity index is 855. The van der Waals surface area contributed by atoms with Crippen LogP contribution in [0.4, 0.5) is 0 Å². The van der Waals surface area contributed by atoms with Gasteiger partial charge in [-0.25, -0.2) is 4.68 Å². The van der Waals surface area contributed by atoms with Gasteiger partial charge in [-0.15, -0.1) is 0 Å². The van der Waals surface area contributed by atoms with Gasteiger partial charge in [-0.1, -0.05) is 12.1 Å². The highest BCUT2D eigenvalue weighted by atomic mass is 32.2. The zero-order valence-electron chi connectivity index (χ0n) is 14.6. The predicted octanol–water partition coefficient (Wildman–Crippen LogP) is 2.26. The van der Waals surface area contributed by atoms with Gasteiger partial charge in [-0.2, -0.15) is 22.5 Å². The fourth-order valence-electron chi connectivity index (χ4n) is 3.14. The van der Waals surface area contributed by atoms with Crippen LogP contribution >= 0.6 is 0 Å². The van der Waals surface area contributed by atoms with E-state index in [9.17, 15) is 8.42 Å². The molecule has 2 aromatic rings. The van der Waals surface area contributed by atoms with Gasteiger partial charge in [0.05, 0.1) is 17.9 Å². The maximum atomic E-state index is 12.2. The molecule has 24 heavy (non-hydrogen) atoms. The number of rotatable bonds is 4. The third kappa shape index (κ3) is 2.99. The predicted molar refractivity (Wildman–Crippen MR) is 94.5 cm³/mol. The average molecular weight is 348 g/mol. The van der Waals surface area contributed by atoms with Crippen molar-refractivity contribution in [1.82, 2.24) is 18.8 Å². The average Bonchev–Trinajstić information content (AvgIpc) is 2.94. The molecule has 1 N–H and O–H groups in total. The van der Waals surface area contributed by atoms with Crippen molar-refractivity contribution >= 4 is 10.2 Å². The number of hydrogen-bond acceptors (Lipinski definition) is 3. The van der Waals surface area contributed by atoms with E-state index < -0.39 is 10.2 Å².